The van der Waals surface area contributed by atoms with Gasteiger partial charge in [0.05, 0.1) is 18.2 Å². The molecule has 0 saturated heterocycles. The summed E-state index contributed by atoms with van der Waals surface area (Å²) in [6.07, 6.45) is 1.78. The molecule has 3 aromatic rings. The highest BCUT2D eigenvalue weighted by atomic mass is 16.5. The number of anilines is 3. The summed E-state index contributed by atoms with van der Waals surface area (Å²) >= 11 is 0. The Morgan fingerprint density at radius 1 is 1.02 bits per heavy atom. The van der Waals surface area contributed by atoms with E-state index in [-0.39, 0.29) is 30.4 Å². The summed E-state index contributed by atoms with van der Waals surface area (Å²) in [6, 6.07) is 19.8. The fourth-order valence-electron chi connectivity index (χ4n) is 4.54. The molecule has 0 saturated carbocycles. The van der Waals surface area contributed by atoms with E-state index in [2.05, 4.69) is 26.2 Å². The smallest absolute Gasteiger partial charge is 0.323 e. The molecule has 2 heterocycles. The summed E-state index contributed by atoms with van der Waals surface area (Å²) < 4.78 is 5.10. The Hall–Kier alpha value is -4.79. The molecule has 0 aromatic heterocycles. The molecule has 3 aromatic carbocycles. The van der Waals surface area contributed by atoms with Crippen molar-refractivity contribution < 1.29 is 19.1 Å². The lowest BCUT2D eigenvalue weighted by atomic mass is 10.1. The highest BCUT2D eigenvalue weighted by Gasteiger charge is 2.30. The molecule has 40 heavy (non-hydrogen) atoms. The second kappa shape index (κ2) is 12.8. The van der Waals surface area contributed by atoms with Crippen LogP contribution >= 0.6 is 0 Å². The number of hydrogen-bond acceptors (Lipinski definition) is 6. The Morgan fingerprint density at radius 2 is 1.77 bits per heavy atom. The Bertz CT molecular complexity index is 1420. The van der Waals surface area contributed by atoms with Gasteiger partial charge in [-0.2, -0.15) is 0 Å². The number of nitrogens with one attached hydrogen (secondary N) is 4. The summed E-state index contributed by atoms with van der Waals surface area (Å²) in [7, 11) is 1.97. The van der Waals surface area contributed by atoms with Gasteiger partial charge in [-0.15, -0.1) is 0 Å². The van der Waals surface area contributed by atoms with Crippen LogP contribution in [0.1, 0.15) is 47.3 Å². The summed E-state index contributed by atoms with van der Waals surface area (Å²) in [5.41, 5.74) is 6.66. The molecular weight excluding hydrogens is 506 g/mol. The van der Waals surface area contributed by atoms with Gasteiger partial charge >= 0.3 is 12.0 Å². The number of benzene rings is 3. The number of carbonyl (C=O) groups excluding carboxylic acids is 3. The zero-order chi connectivity index (χ0) is 28.6. The highest BCUT2D eigenvalue weighted by Crippen LogP contribution is 2.30. The maximum absolute atomic E-state index is 12.7. The number of rotatable bonds is 5. The predicted octanol–water partition coefficient (Wildman–Crippen LogP) is 5.61. The van der Waals surface area contributed by atoms with E-state index < -0.39 is 0 Å². The molecule has 0 radical (unpaired) electrons. The van der Waals surface area contributed by atoms with E-state index in [4.69, 9.17) is 4.74 Å². The van der Waals surface area contributed by atoms with Crippen LogP contribution in [0.2, 0.25) is 0 Å². The topological polar surface area (TPSA) is 112 Å². The minimum Gasteiger partial charge on any atom is -0.432 e. The van der Waals surface area contributed by atoms with Gasteiger partial charge < -0.3 is 30.9 Å². The molecule has 9 nitrogen and oxygen atoms in total. The van der Waals surface area contributed by atoms with Crippen LogP contribution in [-0.2, 0) is 22.6 Å². The molecule has 9 heteroatoms. The molecule has 0 spiro atoms. The highest BCUT2D eigenvalue weighted by molar-refractivity contribution is 6.01. The average Bonchev–Trinajstić information content (AvgIpc) is 3.09. The Balaban J connectivity index is 0.00000181. The number of aryl methyl sites for hydroxylation is 1. The molecule has 0 fully saturated rings. The van der Waals surface area contributed by atoms with Crippen LogP contribution < -0.4 is 21.3 Å². The zero-order valence-corrected chi connectivity index (χ0v) is 23.2. The first-order chi connectivity index (χ1) is 19.4. The van der Waals surface area contributed by atoms with Crippen LogP contribution in [-0.4, -0.2) is 35.9 Å². The monoisotopic (exact) mass is 541 g/mol. The van der Waals surface area contributed by atoms with E-state index in [1.165, 1.54) is 6.26 Å². The van der Waals surface area contributed by atoms with Crippen molar-refractivity contribution in [2.75, 3.05) is 23.0 Å². The van der Waals surface area contributed by atoms with Gasteiger partial charge in [0.25, 0.3) is 5.91 Å². The summed E-state index contributed by atoms with van der Waals surface area (Å²) in [6.45, 7) is 6.95. The second-order valence-electron chi connectivity index (χ2n) is 9.44. The van der Waals surface area contributed by atoms with Gasteiger partial charge in [-0.25, -0.2) is 4.79 Å². The number of amides is 3. The van der Waals surface area contributed by atoms with Crippen molar-refractivity contribution in [1.29, 1.82) is 0 Å². The Morgan fingerprint density at radius 3 is 2.52 bits per heavy atom. The van der Waals surface area contributed by atoms with Gasteiger partial charge in [0.15, 0.2) is 0 Å². The molecule has 3 amide bonds. The van der Waals surface area contributed by atoms with Gasteiger partial charge in [0, 0.05) is 42.8 Å². The maximum Gasteiger partial charge on any atom is 0.323 e. The zero-order valence-electron chi connectivity index (χ0n) is 23.2. The van der Waals surface area contributed by atoms with Crippen molar-refractivity contribution in [1.82, 2.24) is 10.2 Å². The van der Waals surface area contributed by atoms with Crippen LogP contribution in [0.25, 0.3) is 0 Å². The molecular formula is C31H35N5O4. The fraction of sp³-hybridized carbons (Fsp3) is 0.258. The number of esters is 1. The Kier molecular flexibility index (Phi) is 9.06. The van der Waals surface area contributed by atoms with Gasteiger partial charge in [0.2, 0.25) is 0 Å². The molecule has 5 rings (SSSR count). The Labute approximate surface area is 234 Å². The van der Waals surface area contributed by atoms with E-state index >= 15 is 0 Å². The number of ether oxygens (including phenoxy) is 1. The number of hydrogen-bond donors (Lipinski definition) is 4. The van der Waals surface area contributed by atoms with E-state index in [0.29, 0.717) is 24.3 Å². The van der Waals surface area contributed by atoms with Gasteiger partial charge in [-0.1, -0.05) is 44.2 Å². The molecule has 0 aliphatic carbocycles. The van der Waals surface area contributed by atoms with E-state index in [1.54, 1.807) is 24.3 Å². The fourth-order valence-corrected chi connectivity index (χ4v) is 4.54. The lowest BCUT2D eigenvalue weighted by Crippen LogP contribution is -2.34. The van der Waals surface area contributed by atoms with Gasteiger partial charge in [-0.05, 0) is 60.0 Å². The molecule has 4 N–H and O–H groups in total. The van der Waals surface area contributed by atoms with Crippen molar-refractivity contribution >= 4 is 35.0 Å². The predicted molar refractivity (Wildman–Crippen MR) is 157 cm³/mol. The maximum atomic E-state index is 12.7. The third kappa shape index (κ3) is 6.79. The van der Waals surface area contributed by atoms with Crippen molar-refractivity contribution in [2.24, 2.45) is 0 Å². The van der Waals surface area contributed by atoms with Crippen LogP contribution in [0.15, 0.2) is 78.7 Å². The van der Waals surface area contributed by atoms with Crippen LogP contribution in [0.5, 0.6) is 0 Å². The standard InChI is InChI=1S/C29H29N5O4.C2H6/c1-18-5-3-4-6-23(18)33-29(37)31-22-11-9-20(10-12-22)28(36)30-15-19-7-8-21-16-34(2)26-17-38-27(35)14-25(26)32-24(21)13-19;1-2/h3-13,17,25,32H,14-16H2,1-2H3,(H,30,36)(H2,31,33,37);1-2H3. The molecule has 2 aliphatic heterocycles. The van der Waals surface area contributed by atoms with Crippen molar-refractivity contribution in [3.05, 3.63) is 101 Å². The number of nitrogens with zero attached hydrogens (tertiary/aromatic N) is 1. The molecule has 2 aliphatic rings. The van der Waals surface area contributed by atoms with Crippen LogP contribution in [0.4, 0.5) is 21.9 Å². The lowest BCUT2D eigenvalue weighted by molar-refractivity contribution is -0.139. The quantitative estimate of drug-likeness (QED) is 0.313. The van der Waals surface area contributed by atoms with Crippen LogP contribution in [0, 0.1) is 6.92 Å². The minimum absolute atomic E-state index is 0.154. The van der Waals surface area contributed by atoms with Crippen molar-refractivity contribution in [3.63, 3.8) is 0 Å². The summed E-state index contributed by atoms with van der Waals surface area (Å²) in [4.78, 5) is 38.9. The van der Waals surface area contributed by atoms with Crippen LogP contribution in [0.3, 0.4) is 0 Å². The van der Waals surface area contributed by atoms with E-state index in [1.807, 2.05) is 70.3 Å². The number of fused-ring (bicyclic) bond motifs is 2. The lowest BCUT2D eigenvalue weighted by Gasteiger charge is -2.28. The first-order valence-electron chi connectivity index (χ1n) is 13.4. The van der Waals surface area contributed by atoms with Gasteiger partial charge in [-0.3, -0.25) is 9.59 Å². The molecule has 0 bridgehead atoms. The first kappa shape index (κ1) is 28.2. The number of urea groups is 1. The number of carbonyl (C=O) groups is 3. The second-order valence-corrected chi connectivity index (χ2v) is 9.44. The number of likely N-dealkylation sites (N-methyl/N-ethyl adjacent to an activating group) is 1. The van der Waals surface area contributed by atoms with Gasteiger partial charge in [0.1, 0.15) is 6.26 Å². The van der Waals surface area contributed by atoms with Crippen molar-refractivity contribution in [3.8, 4) is 0 Å². The molecule has 1 unspecified atom stereocenters. The SMILES string of the molecule is CC.Cc1ccccc1NC(=O)Nc1ccc(C(=O)NCc2ccc3c(c2)NC2CC(=O)OC=C2N(C)C3)cc1. The van der Waals surface area contributed by atoms with Crippen molar-refractivity contribution in [2.45, 2.75) is 46.3 Å². The summed E-state index contributed by atoms with van der Waals surface area (Å²) in [5.74, 6) is -0.483. The third-order valence-corrected chi connectivity index (χ3v) is 6.64. The molecule has 208 valence electrons. The largest absolute Gasteiger partial charge is 0.432 e. The minimum atomic E-state index is -0.354. The molecule has 1 atom stereocenters. The summed E-state index contributed by atoms with van der Waals surface area (Å²) in [5, 5.41) is 12.0. The third-order valence-electron chi connectivity index (χ3n) is 6.64. The van der Waals surface area contributed by atoms with E-state index in [0.717, 1.165) is 33.8 Å². The number of cyclic esters (lactones) is 1. The average molecular weight is 542 g/mol. The number of para-hydroxylation sites is 1. The normalized spacial score (nSPS) is 15.4. The first-order valence-corrected chi connectivity index (χ1v) is 13.4. The van der Waals surface area contributed by atoms with E-state index in [9.17, 15) is 14.4 Å².